The van der Waals surface area contributed by atoms with Crippen molar-refractivity contribution in [3.63, 3.8) is 0 Å². The first-order chi connectivity index (χ1) is 15.6. The van der Waals surface area contributed by atoms with Crippen molar-refractivity contribution < 1.29 is 9.72 Å². The van der Waals surface area contributed by atoms with Gasteiger partial charge in [0.05, 0.1) is 16.2 Å². The van der Waals surface area contributed by atoms with E-state index >= 15 is 0 Å². The summed E-state index contributed by atoms with van der Waals surface area (Å²) in [6.45, 7) is 0. The van der Waals surface area contributed by atoms with Gasteiger partial charge < -0.3 is 15.6 Å². The Labute approximate surface area is 182 Å². The summed E-state index contributed by atoms with van der Waals surface area (Å²) >= 11 is 0. The van der Waals surface area contributed by atoms with Gasteiger partial charge in [0, 0.05) is 47.0 Å². The van der Waals surface area contributed by atoms with Gasteiger partial charge in [0.1, 0.15) is 5.82 Å². The van der Waals surface area contributed by atoms with Crippen LogP contribution in [0.3, 0.4) is 0 Å². The largest absolute Gasteiger partial charge is 0.354 e. The fourth-order valence-corrected chi connectivity index (χ4v) is 3.68. The molecule has 3 aromatic carbocycles. The summed E-state index contributed by atoms with van der Waals surface area (Å²) in [5.74, 6) is 0.439. The molecule has 0 bridgehead atoms. The lowest BCUT2D eigenvalue weighted by Crippen LogP contribution is -2.10. The third-order valence-corrected chi connectivity index (χ3v) is 5.20. The van der Waals surface area contributed by atoms with Crippen LogP contribution in [0, 0.1) is 10.1 Å². The molecule has 8 heteroatoms. The number of fused-ring (bicyclic) bond motifs is 1. The average molecular weight is 423 g/mol. The van der Waals surface area contributed by atoms with Gasteiger partial charge in [-0.05, 0) is 35.9 Å². The lowest BCUT2D eigenvalue weighted by molar-refractivity contribution is -0.384. The molecular formula is C24H17N5O3. The van der Waals surface area contributed by atoms with Gasteiger partial charge >= 0.3 is 0 Å². The number of aromatic nitrogens is 2. The van der Waals surface area contributed by atoms with Crippen molar-refractivity contribution in [3.8, 4) is 11.4 Å². The van der Waals surface area contributed by atoms with E-state index in [9.17, 15) is 14.9 Å². The van der Waals surface area contributed by atoms with Crippen LogP contribution in [0.5, 0.6) is 0 Å². The molecule has 0 saturated heterocycles. The second kappa shape index (κ2) is 7.84. The molecule has 5 rings (SSSR count). The van der Waals surface area contributed by atoms with Crippen LogP contribution in [0.15, 0.2) is 85.2 Å². The van der Waals surface area contributed by atoms with Crippen molar-refractivity contribution in [2.24, 2.45) is 0 Å². The minimum Gasteiger partial charge on any atom is -0.354 e. The fourth-order valence-electron chi connectivity index (χ4n) is 3.68. The van der Waals surface area contributed by atoms with E-state index in [0.717, 1.165) is 22.6 Å². The van der Waals surface area contributed by atoms with Crippen LogP contribution in [0.1, 0.15) is 11.1 Å². The topological polar surface area (TPSA) is 113 Å². The Bertz CT molecular complexity index is 1340. The molecule has 1 aromatic heterocycles. The molecule has 1 aliphatic heterocycles. The number of nitrogens with one attached hydrogen (secondary N) is 3. The minimum atomic E-state index is -0.469. The molecule has 1 amide bonds. The first-order valence-corrected chi connectivity index (χ1v) is 9.87. The number of nitrogens with zero attached hydrogens (tertiary/aromatic N) is 2. The second-order valence-electron chi connectivity index (χ2n) is 7.20. The van der Waals surface area contributed by atoms with Crippen molar-refractivity contribution in [2.75, 3.05) is 10.6 Å². The van der Waals surface area contributed by atoms with E-state index in [1.807, 2.05) is 54.6 Å². The number of nitro benzene ring substituents is 1. The summed E-state index contributed by atoms with van der Waals surface area (Å²) in [5.41, 5.74) is 4.34. The number of rotatable bonds is 5. The van der Waals surface area contributed by atoms with E-state index in [2.05, 4.69) is 20.6 Å². The summed E-state index contributed by atoms with van der Waals surface area (Å²) in [7, 11) is 0. The quantitative estimate of drug-likeness (QED) is 0.240. The molecule has 1 aliphatic rings. The third kappa shape index (κ3) is 3.50. The first-order valence-electron chi connectivity index (χ1n) is 9.87. The molecule has 0 aliphatic carbocycles. The van der Waals surface area contributed by atoms with E-state index < -0.39 is 4.92 Å². The standard InChI is InChI=1S/C24H17N5O3/c30-24-21(19-14-18(29(31)32)10-11-20(19)28-24)22(15-4-2-1-3-5-15)27-17-8-6-16(7-9-17)23-25-12-13-26-23/h1-14,27H,(H,25,26)(H,28,30). The van der Waals surface area contributed by atoms with E-state index in [-0.39, 0.29) is 11.6 Å². The van der Waals surface area contributed by atoms with Crippen LogP contribution in [0.25, 0.3) is 22.7 Å². The number of hydrogen-bond donors (Lipinski definition) is 3. The average Bonchev–Trinajstić information content (AvgIpc) is 3.46. The molecule has 3 N–H and O–H groups in total. The second-order valence-corrected chi connectivity index (χ2v) is 7.20. The number of aromatic amines is 1. The highest BCUT2D eigenvalue weighted by Gasteiger charge is 2.30. The fraction of sp³-hybridized carbons (Fsp3) is 0. The maximum Gasteiger partial charge on any atom is 0.270 e. The van der Waals surface area contributed by atoms with Crippen molar-refractivity contribution in [1.82, 2.24) is 9.97 Å². The van der Waals surface area contributed by atoms with Gasteiger partial charge in [0.15, 0.2) is 0 Å². The van der Waals surface area contributed by atoms with Crippen LogP contribution in [0.2, 0.25) is 0 Å². The monoisotopic (exact) mass is 423 g/mol. The number of H-pyrrole nitrogens is 1. The van der Waals surface area contributed by atoms with Gasteiger partial charge in [0.25, 0.3) is 11.6 Å². The zero-order valence-electron chi connectivity index (χ0n) is 16.7. The van der Waals surface area contributed by atoms with Crippen LogP contribution in [-0.4, -0.2) is 20.8 Å². The number of carbonyl (C=O) groups excluding carboxylic acids is 1. The number of hydrogen-bond acceptors (Lipinski definition) is 5. The van der Waals surface area contributed by atoms with Crippen molar-refractivity contribution in [3.05, 3.63) is 106 Å². The molecule has 0 radical (unpaired) electrons. The van der Waals surface area contributed by atoms with Crippen molar-refractivity contribution in [1.29, 1.82) is 0 Å². The lowest BCUT2D eigenvalue weighted by atomic mass is 9.99. The van der Waals surface area contributed by atoms with Crippen LogP contribution in [0.4, 0.5) is 17.1 Å². The number of anilines is 2. The molecule has 2 heterocycles. The Hall–Kier alpha value is -4.72. The summed E-state index contributed by atoms with van der Waals surface area (Å²) in [4.78, 5) is 31.1. The van der Waals surface area contributed by atoms with Gasteiger partial charge in [-0.25, -0.2) is 4.98 Å². The molecule has 8 nitrogen and oxygen atoms in total. The van der Waals surface area contributed by atoms with Crippen LogP contribution in [-0.2, 0) is 4.79 Å². The number of benzene rings is 3. The molecule has 32 heavy (non-hydrogen) atoms. The Morgan fingerprint density at radius 1 is 1.00 bits per heavy atom. The van der Waals surface area contributed by atoms with E-state index in [1.54, 1.807) is 18.5 Å². The highest BCUT2D eigenvalue weighted by Crippen LogP contribution is 2.39. The number of non-ortho nitro benzene ring substituents is 1. The highest BCUT2D eigenvalue weighted by atomic mass is 16.6. The zero-order chi connectivity index (χ0) is 22.1. The molecular weight excluding hydrogens is 406 g/mol. The lowest BCUT2D eigenvalue weighted by Gasteiger charge is -2.15. The Morgan fingerprint density at radius 3 is 2.47 bits per heavy atom. The Kier molecular flexibility index (Phi) is 4.72. The van der Waals surface area contributed by atoms with Gasteiger partial charge in [-0.2, -0.15) is 0 Å². The maximum atomic E-state index is 12.9. The molecule has 0 saturated carbocycles. The molecule has 0 unspecified atom stereocenters. The van der Waals surface area contributed by atoms with Crippen LogP contribution >= 0.6 is 0 Å². The van der Waals surface area contributed by atoms with E-state index in [4.69, 9.17) is 0 Å². The normalized spacial score (nSPS) is 13.9. The number of carbonyl (C=O) groups is 1. The van der Waals surface area contributed by atoms with Gasteiger partial charge in [0.2, 0.25) is 0 Å². The van der Waals surface area contributed by atoms with E-state index in [0.29, 0.717) is 22.5 Å². The predicted octanol–water partition coefficient (Wildman–Crippen LogP) is 4.92. The van der Waals surface area contributed by atoms with Gasteiger partial charge in [-0.1, -0.05) is 30.3 Å². The van der Waals surface area contributed by atoms with Gasteiger partial charge in [-0.15, -0.1) is 0 Å². The molecule has 0 spiro atoms. The first kappa shape index (κ1) is 19.3. The molecule has 4 aromatic rings. The third-order valence-electron chi connectivity index (χ3n) is 5.20. The Morgan fingerprint density at radius 2 is 1.78 bits per heavy atom. The Balaban J connectivity index is 1.62. The SMILES string of the molecule is O=C1Nc2ccc([N+](=O)[O-])cc2C1=C(Nc1ccc(-c2ncc[nH]2)cc1)c1ccccc1. The smallest absolute Gasteiger partial charge is 0.270 e. The summed E-state index contributed by atoms with van der Waals surface area (Å²) in [6, 6.07) is 21.4. The van der Waals surface area contributed by atoms with Crippen molar-refractivity contribution in [2.45, 2.75) is 0 Å². The molecule has 0 atom stereocenters. The molecule has 156 valence electrons. The summed E-state index contributed by atoms with van der Waals surface area (Å²) < 4.78 is 0. The van der Waals surface area contributed by atoms with E-state index in [1.165, 1.54) is 12.1 Å². The highest BCUT2D eigenvalue weighted by molar-refractivity contribution is 6.37. The maximum absolute atomic E-state index is 12.9. The number of nitro groups is 1. The molecule has 0 fully saturated rings. The number of imidazole rings is 1. The number of amides is 1. The van der Waals surface area contributed by atoms with Crippen LogP contribution < -0.4 is 10.6 Å². The minimum absolute atomic E-state index is 0.0760. The zero-order valence-corrected chi connectivity index (χ0v) is 16.7. The van der Waals surface area contributed by atoms with Crippen molar-refractivity contribution >= 4 is 34.2 Å². The summed E-state index contributed by atoms with van der Waals surface area (Å²) in [6.07, 6.45) is 3.45. The van der Waals surface area contributed by atoms with Gasteiger partial charge in [-0.3, -0.25) is 14.9 Å². The summed E-state index contributed by atoms with van der Waals surface area (Å²) in [5, 5.41) is 17.5. The predicted molar refractivity (Wildman–Crippen MR) is 123 cm³/mol.